The van der Waals surface area contributed by atoms with Gasteiger partial charge in [0.15, 0.2) is 5.12 Å². The van der Waals surface area contributed by atoms with Gasteiger partial charge in [-0.05, 0) is 25.0 Å². The van der Waals surface area contributed by atoms with Gasteiger partial charge in [-0.1, -0.05) is 17.7 Å². The average Bonchev–Trinajstić information content (AvgIpc) is 2.22. The lowest BCUT2D eigenvalue weighted by molar-refractivity contribution is -0.109. The second-order valence-electron chi connectivity index (χ2n) is 3.16. The van der Waals surface area contributed by atoms with Crippen molar-refractivity contribution in [2.45, 2.75) is 20.3 Å². The zero-order valence-electron chi connectivity index (χ0n) is 9.21. The van der Waals surface area contributed by atoms with Crippen molar-refractivity contribution in [2.24, 2.45) is 0 Å². The zero-order valence-corrected chi connectivity index (χ0v) is 10.0. The normalized spacial score (nSPS) is 9.44. The van der Waals surface area contributed by atoms with E-state index < -0.39 is 0 Å². The van der Waals surface area contributed by atoms with E-state index in [2.05, 4.69) is 16.8 Å². The molecule has 0 unspecified atom stereocenters. The first-order chi connectivity index (χ1) is 7.59. The van der Waals surface area contributed by atoms with Gasteiger partial charge in [0, 0.05) is 19.1 Å². The number of thioether (sulfide) groups is 1. The molecule has 16 heavy (non-hydrogen) atoms. The van der Waals surface area contributed by atoms with Crippen LogP contribution in [0.2, 0.25) is 0 Å². The molecular formula is C12H12FNOS. The number of aromatic nitrogens is 1. The number of hydrogen-bond donors (Lipinski definition) is 0. The maximum absolute atomic E-state index is 12.9. The van der Waals surface area contributed by atoms with Crippen LogP contribution in [0.1, 0.15) is 24.7 Å². The largest absolute Gasteiger partial charge is 0.288 e. The van der Waals surface area contributed by atoms with Crippen molar-refractivity contribution in [1.82, 2.24) is 4.98 Å². The summed E-state index contributed by atoms with van der Waals surface area (Å²) in [5, 5.41) is 0.0950. The third-order valence-electron chi connectivity index (χ3n) is 1.77. The lowest BCUT2D eigenvalue weighted by atomic mass is 10.3. The average molecular weight is 237 g/mol. The van der Waals surface area contributed by atoms with Gasteiger partial charge >= 0.3 is 0 Å². The Morgan fingerprint density at radius 1 is 1.56 bits per heavy atom. The van der Waals surface area contributed by atoms with E-state index in [1.807, 2.05) is 0 Å². The Balaban J connectivity index is 2.50. The minimum Gasteiger partial charge on any atom is -0.288 e. The number of aryl methyl sites for hydroxylation is 1. The highest BCUT2D eigenvalue weighted by Crippen LogP contribution is 2.04. The lowest BCUT2D eigenvalue weighted by Crippen LogP contribution is -1.90. The summed E-state index contributed by atoms with van der Waals surface area (Å²) in [5.41, 5.74) is 0.914. The maximum Gasteiger partial charge on any atom is 0.185 e. The van der Waals surface area contributed by atoms with E-state index in [1.54, 1.807) is 13.0 Å². The minimum atomic E-state index is -0.322. The second-order valence-corrected chi connectivity index (χ2v) is 4.43. The zero-order chi connectivity index (χ0) is 12.0. The van der Waals surface area contributed by atoms with Crippen LogP contribution in [0.5, 0.6) is 0 Å². The summed E-state index contributed by atoms with van der Waals surface area (Å²) < 4.78 is 12.9. The lowest BCUT2D eigenvalue weighted by Gasteiger charge is -1.94. The molecule has 0 amide bonds. The summed E-state index contributed by atoms with van der Waals surface area (Å²) in [7, 11) is 0. The van der Waals surface area contributed by atoms with Gasteiger partial charge in [0.2, 0.25) is 0 Å². The van der Waals surface area contributed by atoms with Gasteiger partial charge in [-0.2, -0.15) is 0 Å². The van der Waals surface area contributed by atoms with Crippen LogP contribution in [0.15, 0.2) is 12.1 Å². The van der Waals surface area contributed by atoms with Crippen LogP contribution in [0, 0.1) is 24.6 Å². The van der Waals surface area contributed by atoms with Gasteiger partial charge in [0.25, 0.3) is 0 Å². The highest BCUT2D eigenvalue weighted by molar-refractivity contribution is 8.13. The molecule has 1 rings (SSSR count). The predicted molar refractivity (Wildman–Crippen MR) is 63.6 cm³/mol. The van der Waals surface area contributed by atoms with Crippen molar-refractivity contribution in [1.29, 1.82) is 0 Å². The van der Waals surface area contributed by atoms with Gasteiger partial charge in [-0.3, -0.25) is 4.79 Å². The summed E-state index contributed by atoms with van der Waals surface area (Å²) in [4.78, 5) is 14.6. The standard InChI is InChI=1S/C12H12FNOS/c1-9-12(13)7-6-11(14-9)5-3-4-8-16-10(2)15/h6-7H,4,8H2,1-2H3. The fourth-order valence-corrected chi connectivity index (χ4v) is 1.50. The van der Waals surface area contributed by atoms with Crippen LogP contribution in [0.25, 0.3) is 0 Å². The molecule has 4 heteroatoms. The van der Waals surface area contributed by atoms with Crippen LogP contribution in [-0.2, 0) is 4.79 Å². The quantitative estimate of drug-likeness (QED) is 0.585. The summed E-state index contributed by atoms with van der Waals surface area (Å²) in [6.07, 6.45) is 0.627. The number of carbonyl (C=O) groups excluding carboxylic acids is 1. The third-order valence-corrected chi connectivity index (χ3v) is 2.58. The Labute approximate surface area is 98.7 Å². The van der Waals surface area contributed by atoms with Crippen LogP contribution in [0.4, 0.5) is 4.39 Å². The van der Waals surface area contributed by atoms with E-state index in [-0.39, 0.29) is 10.9 Å². The van der Waals surface area contributed by atoms with E-state index >= 15 is 0 Å². The Morgan fingerprint density at radius 2 is 2.31 bits per heavy atom. The topological polar surface area (TPSA) is 30.0 Å². The molecule has 0 aliphatic heterocycles. The number of carbonyl (C=O) groups is 1. The molecule has 0 aliphatic rings. The van der Waals surface area contributed by atoms with Gasteiger partial charge < -0.3 is 0 Å². The molecule has 1 heterocycles. The molecule has 0 fully saturated rings. The number of hydrogen-bond acceptors (Lipinski definition) is 3. The van der Waals surface area contributed by atoms with Crippen molar-refractivity contribution >= 4 is 16.9 Å². The van der Waals surface area contributed by atoms with Crippen LogP contribution in [0.3, 0.4) is 0 Å². The molecular weight excluding hydrogens is 225 g/mol. The third kappa shape index (κ3) is 4.45. The van der Waals surface area contributed by atoms with Gasteiger partial charge in [-0.15, -0.1) is 0 Å². The smallest absolute Gasteiger partial charge is 0.185 e. The highest BCUT2D eigenvalue weighted by atomic mass is 32.2. The SMILES string of the molecule is CC(=O)SCCC#Cc1ccc(F)c(C)n1. The van der Waals surface area contributed by atoms with E-state index in [1.165, 1.54) is 24.8 Å². The summed E-state index contributed by atoms with van der Waals surface area (Å²) in [6.45, 7) is 3.13. The van der Waals surface area contributed by atoms with Crippen molar-refractivity contribution in [3.8, 4) is 11.8 Å². The van der Waals surface area contributed by atoms with Gasteiger partial charge in [-0.25, -0.2) is 9.37 Å². The first kappa shape index (κ1) is 12.7. The summed E-state index contributed by atoms with van der Waals surface area (Å²) in [6, 6.07) is 2.91. The molecule has 0 aromatic carbocycles. The molecule has 2 nitrogen and oxygen atoms in total. The monoisotopic (exact) mass is 237 g/mol. The van der Waals surface area contributed by atoms with E-state index in [0.717, 1.165) is 0 Å². The van der Waals surface area contributed by atoms with Gasteiger partial charge in [0.05, 0.1) is 5.69 Å². The molecule has 0 spiro atoms. The van der Waals surface area contributed by atoms with Crippen molar-refractivity contribution < 1.29 is 9.18 Å². The highest BCUT2D eigenvalue weighted by Gasteiger charge is 1.97. The number of nitrogens with zero attached hydrogens (tertiary/aromatic N) is 1. The van der Waals surface area contributed by atoms with Crippen molar-refractivity contribution in [3.05, 3.63) is 29.3 Å². The first-order valence-electron chi connectivity index (χ1n) is 4.85. The molecule has 0 aliphatic carbocycles. The van der Waals surface area contributed by atoms with Crippen molar-refractivity contribution in [3.63, 3.8) is 0 Å². The Morgan fingerprint density at radius 3 is 2.94 bits per heavy atom. The molecule has 1 aromatic rings. The second kappa shape index (κ2) is 6.29. The fraction of sp³-hybridized carbons (Fsp3) is 0.333. The maximum atomic E-state index is 12.9. The van der Waals surface area contributed by atoms with Gasteiger partial charge in [0.1, 0.15) is 11.5 Å². The molecule has 0 saturated heterocycles. The predicted octanol–water partition coefficient (Wildman–Crippen LogP) is 2.55. The van der Waals surface area contributed by atoms with Crippen LogP contribution < -0.4 is 0 Å². The first-order valence-corrected chi connectivity index (χ1v) is 5.83. The summed E-state index contributed by atoms with van der Waals surface area (Å²) >= 11 is 1.25. The molecule has 0 radical (unpaired) electrons. The van der Waals surface area contributed by atoms with Crippen molar-refractivity contribution in [2.75, 3.05) is 5.75 Å². The molecule has 0 N–H and O–H groups in total. The summed E-state index contributed by atoms with van der Waals surface area (Å²) in [5.74, 6) is 6.09. The number of pyridine rings is 1. The molecule has 0 saturated carbocycles. The molecule has 0 atom stereocenters. The van der Waals surface area contributed by atoms with Crippen LogP contribution >= 0.6 is 11.8 Å². The van der Waals surface area contributed by atoms with Crippen LogP contribution in [-0.4, -0.2) is 15.9 Å². The molecule has 1 aromatic heterocycles. The Kier molecular flexibility index (Phi) is 5.00. The Hall–Kier alpha value is -1.34. The van der Waals surface area contributed by atoms with E-state index in [4.69, 9.17) is 0 Å². The minimum absolute atomic E-state index is 0.0950. The molecule has 0 bridgehead atoms. The van der Waals surface area contributed by atoms with E-state index in [0.29, 0.717) is 23.6 Å². The van der Waals surface area contributed by atoms with E-state index in [9.17, 15) is 9.18 Å². The number of halogens is 1. The Bertz CT molecular complexity index is 448. The fourth-order valence-electron chi connectivity index (χ4n) is 1.01. The molecule has 84 valence electrons. The number of rotatable bonds is 2.